The molecular formula is C16H13NO. The van der Waals surface area contributed by atoms with Gasteiger partial charge in [-0.2, -0.15) is 5.26 Å². The van der Waals surface area contributed by atoms with Gasteiger partial charge in [0.05, 0.1) is 11.6 Å². The monoisotopic (exact) mass is 235 g/mol. The summed E-state index contributed by atoms with van der Waals surface area (Å²) in [6.07, 6.45) is 2.20. The Bertz CT molecular complexity index is 612. The maximum Gasteiger partial charge on any atom is 0.124 e. The minimum atomic E-state index is 0.121. The molecule has 0 saturated carbocycles. The summed E-state index contributed by atoms with van der Waals surface area (Å²) in [5.41, 5.74) is 3.29. The van der Waals surface area contributed by atoms with E-state index in [9.17, 15) is 0 Å². The van der Waals surface area contributed by atoms with E-state index in [0.29, 0.717) is 5.56 Å². The van der Waals surface area contributed by atoms with Gasteiger partial charge in [-0.25, -0.2) is 0 Å². The lowest BCUT2D eigenvalue weighted by Crippen LogP contribution is -2.03. The van der Waals surface area contributed by atoms with Crippen LogP contribution in [0.2, 0.25) is 0 Å². The average Bonchev–Trinajstić information content (AvgIpc) is 2.83. The van der Waals surface area contributed by atoms with Gasteiger partial charge >= 0.3 is 0 Å². The third-order valence-electron chi connectivity index (χ3n) is 3.32. The smallest absolute Gasteiger partial charge is 0.124 e. The van der Waals surface area contributed by atoms with Crippen molar-refractivity contribution < 1.29 is 4.74 Å². The number of aryl methyl sites for hydroxylation is 1. The maximum absolute atomic E-state index is 8.88. The number of rotatable bonds is 2. The molecule has 0 aliphatic heterocycles. The van der Waals surface area contributed by atoms with Crippen LogP contribution >= 0.6 is 0 Å². The molecule has 0 radical (unpaired) electrons. The van der Waals surface area contributed by atoms with Crippen LogP contribution in [0.15, 0.2) is 48.5 Å². The summed E-state index contributed by atoms with van der Waals surface area (Å²) >= 11 is 0. The molecule has 0 heterocycles. The van der Waals surface area contributed by atoms with Crippen LogP contribution in [0.5, 0.6) is 5.75 Å². The van der Waals surface area contributed by atoms with Crippen LogP contribution in [0.25, 0.3) is 0 Å². The number of nitriles is 1. The summed E-state index contributed by atoms with van der Waals surface area (Å²) in [6.45, 7) is 0. The molecule has 3 rings (SSSR count). The fraction of sp³-hybridized carbons (Fsp3) is 0.188. The van der Waals surface area contributed by atoms with Gasteiger partial charge in [-0.15, -0.1) is 0 Å². The summed E-state index contributed by atoms with van der Waals surface area (Å²) in [5.74, 6) is 0.774. The molecule has 0 saturated heterocycles. The van der Waals surface area contributed by atoms with Crippen LogP contribution in [-0.2, 0) is 6.42 Å². The highest BCUT2D eigenvalue weighted by Gasteiger charge is 2.23. The first-order valence-electron chi connectivity index (χ1n) is 6.11. The Morgan fingerprint density at radius 3 is 2.89 bits per heavy atom. The third-order valence-corrected chi connectivity index (χ3v) is 3.32. The van der Waals surface area contributed by atoms with Crippen LogP contribution < -0.4 is 4.74 Å². The zero-order chi connectivity index (χ0) is 12.4. The predicted octanol–water partition coefficient (Wildman–Crippen LogP) is 3.62. The minimum Gasteiger partial charge on any atom is -0.486 e. The second-order valence-electron chi connectivity index (χ2n) is 4.48. The van der Waals surface area contributed by atoms with E-state index in [1.54, 1.807) is 12.1 Å². The van der Waals surface area contributed by atoms with Crippen molar-refractivity contribution >= 4 is 0 Å². The second kappa shape index (κ2) is 4.54. The van der Waals surface area contributed by atoms with Crippen molar-refractivity contribution in [1.82, 2.24) is 0 Å². The lowest BCUT2D eigenvalue weighted by atomic mass is 10.1. The lowest BCUT2D eigenvalue weighted by Gasteiger charge is -2.14. The van der Waals surface area contributed by atoms with Crippen LogP contribution in [0.4, 0.5) is 0 Å². The number of hydrogen-bond acceptors (Lipinski definition) is 2. The van der Waals surface area contributed by atoms with E-state index in [4.69, 9.17) is 10.00 Å². The quantitative estimate of drug-likeness (QED) is 0.796. The Labute approximate surface area is 106 Å². The van der Waals surface area contributed by atoms with Crippen molar-refractivity contribution in [3.63, 3.8) is 0 Å². The molecule has 0 fully saturated rings. The summed E-state index contributed by atoms with van der Waals surface area (Å²) in [6, 6.07) is 17.9. The van der Waals surface area contributed by atoms with Gasteiger partial charge in [0.15, 0.2) is 0 Å². The maximum atomic E-state index is 8.88. The van der Waals surface area contributed by atoms with Crippen molar-refractivity contribution in [3.8, 4) is 11.8 Å². The molecule has 2 aromatic rings. The normalized spacial score (nSPS) is 16.9. The van der Waals surface area contributed by atoms with E-state index in [1.165, 1.54) is 11.1 Å². The van der Waals surface area contributed by atoms with Gasteiger partial charge < -0.3 is 4.74 Å². The molecule has 2 heteroatoms. The van der Waals surface area contributed by atoms with Crippen LogP contribution in [0.3, 0.4) is 0 Å². The Hall–Kier alpha value is -2.27. The van der Waals surface area contributed by atoms with Crippen molar-refractivity contribution in [3.05, 3.63) is 65.2 Å². The Kier molecular flexibility index (Phi) is 2.74. The number of benzene rings is 2. The predicted molar refractivity (Wildman–Crippen MR) is 69.3 cm³/mol. The van der Waals surface area contributed by atoms with Crippen molar-refractivity contribution in [2.24, 2.45) is 0 Å². The van der Waals surface area contributed by atoms with E-state index < -0.39 is 0 Å². The SMILES string of the molecule is N#Cc1cccc(OC2CCc3ccccc32)c1. The van der Waals surface area contributed by atoms with Crippen LogP contribution in [0, 0.1) is 11.3 Å². The Morgan fingerprint density at radius 1 is 1.11 bits per heavy atom. The number of ether oxygens (including phenoxy) is 1. The van der Waals surface area contributed by atoms with E-state index in [-0.39, 0.29) is 6.10 Å². The van der Waals surface area contributed by atoms with Crippen LogP contribution in [-0.4, -0.2) is 0 Å². The average molecular weight is 235 g/mol. The van der Waals surface area contributed by atoms with E-state index in [0.717, 1.165) is 18.6 Å². The number of fused-ring (bicyclic) bond motifs is 1. The molecule has 0 bridgehead atoms. The van der Waals surface area contributed by atoms with Gasteiger partial charge in [-0.05, 0) is 42.2 Å². The first kappa shape index (κ1) is 10.9. The molecule has 0 N–H and O–H groups in total. The summed E-state index contributed by atoms with van der Waals surface area (Å²) < 4.78 is 5.99. The van der Waals surface area contributed by atoms with Crippen molar-refractivity contribution in [1.29, 1.82) is 5.26 Å². The molecule has 0 aromatic heterocycles. The van der Waals surface area contributed by atoms with Crippen molar-refractivity contribution in [2.45, 2.75) is 18.9 Å². The minimum absolute atomic E-state index is 0.121. The standard InChI is InChI=1S/C16H13NO/c17-11-12-4-3-6-14(10-12)18-16-9-8-13-5-1-2-7-15(13)16/h1-7,10,16H,8-9H2. The molecule has 1 aliphatic rings. The second-order valence-corrected chi connectivity index (χ2v) is 4.48. The highest BCUT2D eigenvalue weighted by molar-refractivity contribution is 5.38. The van der Waals surface area contributed by atoms with E-state index in [1.807, 2.05) is 18.2 Å². The zero-order valence-corrected chi connectivity index (χ0v) is 9.97. The topological polar surface area (TPSA) is 33.0 Å². The zero-order valence-electron chi connectivity index (χ0n) is 9.97. The molecule has 2 nitrogen and oxygen atoms in total. The molecule has 2 aromatic carbocycles. The molecular weight excluding hydrogens is 222 g/mol. The van der Waals surface area contributed by atoms with Gasteiger partial charge in [-0.3, -0.25) is 0 Å². The Balaban J connectivity index is 1.84. The molecule has 1 aliphatic carbocycles. The first-order valence-corrected chi connectivity index (χ1v) is 6.11. The first-order chi connectivity index (χ1) is 8.86. The van der Waals surface area contributed by atoms with Gasteiger partial charge in [0.25, 0.3) is 0 Å². The third kappa shape index (κ3) is 1.96. The molecule has 0 amide bonds. The highest BCUT2D eigenvalue weighted by atomic mass is 16.5. The largest absolute Gasteiger partial charge is 0.486 e. The lowest BCUT2D eigenvalue weighted by molar-refractivity contribution is 0.207. The number of hydrogen-bond donors (Lipinski definition) is 0. The molecule has 1 unspecified atom stereocenters. The van der Waals surface area contributed by atoms with Gasteiger partial charge in [0.1, 0.15) is 11.9 Å². The Morgan fingerprint density at radius 2 is 2.00 bits per heavy atom. The fourth-order valence-electron chi connectivity index (χ4n) is 2.44. The molecule has 1 atom stereocenters. The molecule has 0 spiro atoms. The molecule has 88 valence electrons. The fourth-order valence-corrected chi connectivity index (χ4v) is 2.44. The van der Waals surface area contributed by atoms with Gasteiger partial charge in [0, 0.05) is 0 Å². The summed E-state index contributed by atoms with van der Waals surface area (Å²) in [7, 11) is 0. The van der Waals surface area contributed by atoms with Crippen LogP contribution in [0.1, 0.15) is 29.2 Å². The van der Waals surface area contributed by atoms with Crippen molar-refractivity contribution in [2.75, 3.05) is 0 Å². The molecule has 18 heavy (non-hydrogen) atoms. The van der Waals surface area contributed by atoms with E-state index in [2.05, 4.69) is 24.3 Å². The summed E-state index contributed by atoms with van der Waals surface area (Å²) in [5, 5.41) is 8.88. The van der Waals surface area contributed by atoms with Gasteiger partial charge in [-0.1, -0.05) is 30.3 Å². The summed E-state index contributed by atoms with van der Waals surface area (Å²) in [4.78, 5) is 0. The highest BCUT2D eigenvalue weighted by Crippen LogP contribution is 2.34. The van der Waals surface area contributed by atoms with Gasteiger partial charge in [0.2, 0.25) is 0 Å². The number of nitrogens with zero attached hydrogens (tertiary/aromatic N) is 1. The van der Waals surface area contributed by atoms with E-state index >= 15 is 0 Å².